The monoisotopic (exact) mass is 308 g/mol. The average molecular weight is 308 g/mol. The predicted molar refractivity (Wildman–Crippen MR) is 84.5 cm³/mol. The number of hydrogen-bond acceptors (Lipinski definition) is 3. The van der Waals surface area contributed by atoms with Crippen LogP contribution in [0.4, 0.5) is 4.39 Å². The molecule has 3 aromatic rings. The molecule has 1 aliphatic heterocycles. The summed E-state index contributed by atoms with van der Waals surface area (Å²) in [6, 6.07) is 9.82. The van der Waals surface area contributed by atoms with Crippen LogP contribution >= 0.6 is 0 Å². The van der Waals surface area contributed by atoms with Crippen molar-refractivity contribution in [3.8, 4) is 0 Å². The summed E-state index contributed by atoms with van der Waals surface area (Å²) >= 11 is 0. The quantitative estimate of drug-likeness (QED) is 0.637. The lowest BCUT2D eigenvalue weighted by Crippen LogP contribution is -2.22. The van der Waals surface area contributed by atoms with E-state index < -0.39 is 0 Å². The first-order valence-electron chi connectivity index (χ1n) is 7.17. The Morgan fingerprint density at radius 3 is 2.78 bits per heavy atom. The second-order valence-corrected chi connectivity index (χ2v) is 5.30. The standard InChI is InChI=1S/C17H13FN4O/c18-12-5-3-10(4-6-12)15-21-14(17(23)22-15)8-11-9-20-16-13(11)2-1-7-19-16/h1-9,15,21H,(H,19,20)(H,22,23)/b14-8-. The number of aromatic nitrogens is 2. The number of halogens is 1. The van der Waals surface area contributed by atoms with E-state index in [1.54, 1.807) is 24.4 Å². The molecule has 1 aliphatic rings. The van der Waals surface area contributed by atoms with Crippen LogP contribution in [0.25, 0.3) is 17.1 Å². The number of nitrogens with zero attached hydrogens (tertiary/aromatic N) is 1. The topological polar surface area (TPSA) is 69.8 Å². The molecule has 1 atom stereocenters. The lowest BCUT2D eigenvalue weighted by atomic mass is 10.1. The molecule has 0 bridgehead atoms. The number of amides is 1. The first-order chi connectivity index (χ1) is 11.2. The molecule has 6 heteroatoms. The van der Waals surface area contributed by atoms with Crippen molar-refractivity contribution >= 4 is 23.0 Å². The van der Waals surface area contributed by atoms with Gasteiger partial charge in [-0.25, -0.2) is 9.37 Å². The summed E-state index contributed by atoms with van der Waals surface area (Å²) in [6.07, 6.45) is 4.93. The number of nitrogens with one attached hydrogen (secondary N) is 3. The van der Waals surface area contributed by atoms with Crippen molar-refractivity contribution in [3.63, 3.8) is 0 Å². The van der Waals surface area contributed by atoms with Gasteiger partial charge in [-0.1, -0.05) is 12.1 Å². The van der Waals surface area contributed by atoms with Gasteiger partial charge >= 0.3 is 0 Å². The molecule has 5 nitrogen and oxygen atoms in total. The molecule has 1 saturated heterocycles. The van der Waals surface area contributed by atoms with Crippen molar-refractivity contribution in [2.75, 3.05) is 0 Å². The highest BCUT2D eigenvalue weighted by molar-refractivity contribution is 6.01. The van der Waals surface area contributed by atoms with Crippen molar-refractivity contribution in [1.29, 1.82) is 0 Å². The lowest BCUT2D eigenvalue weighted by molar-refractivity contribution is -0.116. The van der Waals surface area contributed by atoms with Gasteiger partial charge in [-0.05, 0) is 35.9 Å². The minimum Gasteiger partial charge on any atom is -0.357 e. The van der Waals surface area contributed by atoms with E-state index in [0.717, 1.165) is 22.2 Å². The molecule has 114 valence electrons. The third-order valence-corrected chi connectivity index (χ3v) is 3.81. The summed E-state index contributed by atoms with van der Waals surface area (Å²) in [5.74, 6) is -0.502. The average Bonchev–Trinajstić information content (AvgIpc) is 3.13. The van der Waals surface area contributed by atoms with Crippen LogP contribution in [-0.2, 0) is 4.79 Å². The molecule has 1 amide bonds. The Hall–Kier alpha value is -3.15. The first-order valence-corrected chi connectivity index (χ1v) is 7.17. The van der Waals surface area contributed by atoms with E-state index in [-0.39, 0.29) is 17.9 Å². The van der Waals surface area contributed by atoms with E-state index in [0.29, 0.717) is 5.70 Å². The number of hydrogen-bond donors (Lipinski definition) is 3. The summed E-state index contributed by atoms with van der Waals surface area (Å²) in [4.78, 5) is 19.4. The number of carbonyl (C=O) groups excluding carboxylic acids is 1. The van der Waals surface area contributed by atoms with Crippen molar-refractivity contribution in [3.05, 3.63) is 71.4 Å². The van der Waals surface area contributed by atoms with Gasteiger partial charge in [0.05, 0.1) is 0 Å². The second-order valence-electron chi connectivity index (χ2n) is 5.30. The van der Waals surface area contributed by atoms with E-state index in [1.165, 1.54) is 12.1 Å². The van der Waals surface area contributed by atoms with Crippen LogP contribution in [-0.4, -0.2) is 15.9 Å². The third-order valence-electron chi connectivity index (χ3n) is 3.81. The van der Waals surface area contributed by atoms with Crippen LogP contribution in [0, 0.1) is 5.82 Å². The smallest absolute Gasteiger partial charge is 0.269 e. The molecule has 1 unspecified atom stereocenters. The van der Waals surface area contributed by atoms with Crippen molar-refractivity contribution < 1.29 is 9.18 Å². The number of pyridine rings is 1. The maximum atomic E-state index is 13.0. The van der Waals surface area contributed by atoms with Crippen LogP contribution in [0.5, 0.6) is 0 Å². The van der Waals surface area contributed by atoms with Gasteiger partial charge in [0.2, 0.25) is 0 Å². The number of H-pyrrole nitrogens is 1. The maximum Gasteiger partial charge on any atom is 0.269 e. The van der Waals surface area contributed by atoms with E-state index >= 15 is 0 Å². The van der Waals surface area contributed by atoms with Crippen LogP contribution in [0.15, 0.2) is 54.5 Å². The molecule has 3 heterocycles. The van der Waals surface area contributed by atoms with Crippen molar-refractivity contribution in [1.82, 2.24) is 20.6 Å². The number of carbonyl (C=O) groups is 1. The number of benzene rings is 1. The zero-order valence-electron chi connectivity index (χ0n) is 12.0. The Morgan fingerprint density at radius 2 is 1.96 bits per heavy atom. The summed E-state index contributed by atoms with van der Waals surface area (Å²) < 4.78 is 13.0. The SMILES string of the molecule is O=C1NC(c2ccc(F)cc2)N/C1=C\c1c[nH]c2ncccc12. The van der Waals surface area contributed by atoms with E-state index in [1.807, 2.05) is 18.3 Å². The van der Waals surface area contributed by atoms with Crippen LogP contribution in [0.3, 0.4) is 0 Å². The Bertz CT molecular complexity index is 914. The highest BCUT2D eigenvalue weighted by atomic mass is 19.1. The highest BCUT2D eigenvalue weighted by Crippen LogP contribution is 2.22. The van der Waals surface area contributed by atoms with Gasteiger partial charge in [0.1, 0.15) is 23.3 Å². The van der Waals surface area contributed by atoms with Crippen molar-refractivity contribution in [2.45, 2.75) is 6.17 Å². The molecule has 1 fully saturated rings. The van der Waals surface area contributed by atoms with E-state index in [4.69, 9.17) is 0 Å². The second kappa shape index (κ2) is 5.24. The summed E-state index contributed by atoms with van der Waals surface area (Å²) in [6.45, 7) is 0. The van der Waals surface area contributed by atoms with E-state index in [9.17, 15) is 9.18 Å². The van der Waals surface area contributed by atoms with Crippen LogP contribution in [0.2, 0.25) is 0 Å². The van der Waals surface area contributed by atoms with E-state index in [2.05, 4.69) is 20.6 Å². The zero-order chi connectivity index (χ0) is 15.8. The zero-order valence-corrected chi connectivity index (χ0v) is 12.0. The largest absolute Gasteiger partial charge is 0.357 e. The Balaban J connectivity index is 1.64. The maximum absolute atomic E-state index is 13.0. The van der Waals surface area contributed by atoms with Gasteiger partial charge in [0.15, 0.2) is 0 Å². The number of rotatable bonds is 2. The minimum absolute atomic E-state index is 0.197. The van der Waals surface area contributed by atoms with Crippen LogP contribution < -0.4 is 10.6 Å². The molecule has 0 aliphatic carbocycles. The molecule has 3 N–H and O–H groups in total. The number of fused-ring (bicyclic) bond motifs is 1. The Morgan fingerprint density at radius 1 is 1.13 bits per heavy atom. The molecular weight excluding hydrogens is 295 g/mol. The Labute approximate surface area is 131 Å². The molecular formula is C17H13FN4O. The summed E-state index contributed by atoms with van der Waals surface area (Å²) in [7, 11) is 0. The fourth-order valence-electron chi connectivity index (χ4n) is 2.65. The summed E-state index contributed by atoms with van der Waals surface area (Å²) in [5.41, 5.74) is 2.91. The van der Waals surface area contributed by atoms with Gasteiger partial charge in [0, 0.05) is 23.3 Å². The first kappa shape index (κ1) is 13.5. The fraction of sp³-hybridized carbons (Fsp3) is 0.0588. The van der Waals surface area contributed by atoms with Gasteiger partial charge in [-0.2, -0.15) is 0 Å². The molecule has 0 spiro atoms. The van der Waals surface area contributed by atoms with Gasteiger partial charge in [-0.15, -0.1) is 0 Å². The Kier molecular flexibility index (Phi) is 3.08. The van der Waals surface area contributed by atoms with Gasteiger partial charge < -0.3 is 15.6 Å². The third kappa shape index (κ3) is 2.44. The van der Waals surface area contributed by atoms with Gasteiger partial charge in [0.25, 0.3) is 5.91 Å². The summed E-state index contributed by atoms with van der Waals surface area (Å²) in [5, 5.41) is 6.90. The fourth-order valence-corrected chi connectivity index (χ4v) is 2.65. The van der Waals surface area contributed by atoms with Gasteiger partial charge in [-0.3, -0.25) is 4.79 Å². The molecule has 4 rings (SSSR count). The minimum atomic E-state index is -0.363. The molecule has 2 aromatic heterocycles. The molecule has 0 radical (unpaired) electrons. The predicted octanol–water partition coefficient (Wildman–Crippen LogP) is 2.46. The normalized spacial score (nSPS) is 19.1. The van der Waals surface area contributed by atoms with Crippen molar-refractivity contribution in [2.24, 2.45) is 0 Å². The highest BCUT2D eigenvalue weighted by Gasteiger charge is 2.26. The van der Waals surface area contributed by atoms with Crippen LogP contribution in [0.1, 0.15) is 17.3 Å². The molecule has 1 aromatic carbocycles. The molecule has 0 saturated carbocycles. The molecule has 23 heavy (non-hydrogen) atoms. The lowest BCUT2D eigenvalue weighted by Gasteiger charge is -2.10. The number of aromatic amines is 1.